The summed E-state index contributed by atoms with van der Waals surface area (Å²) in [4.78, 5) is 17.8. The first-order valence-electron chi connectivity index (χ1n) is 7.46. The van der Waals surface area contributed by atoms with E-state index < -0.39 is 0 Å². The Hall–Kier alpha value is -0.650. The highest BCUT2D eigenvalue weighted by atomic mass is 35.5. The molecule has 21 heavy (non-hydrogen) atoms. The Bertz CT molecular complexity index is 475. The molecule has 0 saturated heterocycles. The molecule has 4 nitrogen and oxygen atoms in total. The highest BCUT2D eigenvalue weighted by Crippen LogP contribution is 2.27. The average Bonchev–Trinajstić information content (AvgIpc) is 2.94. The second-order valence-corrected chi connectivity index (χ2v) is 7.33. The molecule has 1 aliphatic rings. The van der Waals surface area contributed by atoms with Crippen molar-refractivity contribution >= 4 is 29.7 Å². The summed E-state index contributed by atoms with van der Waals surface area (Å²) in [5.74, 6) is 0.901. The number of hydrogen-bond donors (Lipinski definition) is 2. The fraction of sp³-hybridized carbons (Fsp3) is 0.733. The fourth-order valence-corrected chi connectivity index (χ4v) is 3.91. The molecular formula is C15H26ClN3OS. The minimum Gasteiger partial charge on any atom is -0.350 e. The van der Waals surface area contributed by atoms with Gasteiger partial charge in [0.1, 0.15) is 5.01 Å². The average molecular weight is 332 g/mol. The molecule has 0 aromatic carbocycles. The van der Waals surface area contributed by atoms with E-state index in [9.17, 15) is 4.79 Å². The summed E-state index contributed by atoms with van der Waals surface area (Å²) in [7, 11) is 0. The lowest BCUT2D eigenvalue weighted by atomic mass is 10.00. The van der Waals surface area contributed by atoms with Gasteiger partial charge in [-0.05, 0) is 31.6 Å². The van der Waals surface area contributed by atoms with Crippen LogP contribution in [-0.2, 0) is 11.3 Å². The largest absolute Gasteiger partial charge is 0.350 e. The predicted molar refractivity (Wildman–Crippen MR) is 90.0 cm³/mol. The third-order valence-electron chi connectivity index (χ3n) is 4.03. The maximum absolute atomic E-state index is 12.0. The van der Waals surface area contributed by atoms with Crippen molar-refractivity contribution in [2.75, 3.05) is 0 Å². The minimum atomic E-state index is 0. The fourth-order valence-electron chi connectivity index (χ4n) is 2.88. The molecule has 1 fully saturated rings. The number of nitrogens with one attached hydrogen (secondary N) is 1. The van der Waals surface area contributed by atoms with Gasteiger partial charge in [0.25, 0.3) is 0 Å². The van der Waals surface area contributed by atoms with Gasteiger partial charge < -0.3 is 11.1 Å². The van der Waals surface area contributed by atoms with Crippen LogP contribution in [0.5, 0.6) is 0 Å². The summed E-state index contributed by atoms with van der Waals surface area (Å²) in [6, 6.07) is 0.204. The molecule has 2 atom stereocenters. The van der Waals surface area contributed by atoms with E-state index in [0.717, 1.165) is 30.0 Å². The molecule has 3 N–H and O–H groups in total. The Morgan fingerprint density at radius 1 is 1.48 bits per heavy atom. The third kappa shape index (κ3) is 4.94. The van der Waals surface area contributed by atoms with Crippen molar-refractivity contribution in [1.29, 1.82) is 0 Å². The standard InChI is InChI=1S/C15H25N3OS.ClH/c1-9(2)15-10(3)20-14(18-15)8-17-13(19)7-11-5-4-6-12(11)16;/h9,11-12H,4-8,16H2,1-3H3,(H,17,19);1H/t11-,12+;/m0./s1. The monoisotopic (exact) mass is 331 g/mol. The molecule has 0 radical (unpaired) electrons. The van der Waals surface area contributed by atoms with Gasteiger partial charge in [-0.1, -0.05) is 20.3 Å². The molecule has 1 aliphatic carbocycles. The van der Waals surface area contributed by atoms with Crippen LogP contribution in [0.4, 0.5) is 0 Å². The zero-order chi connectivity index (χ0) is 14.7. The third-order valence-corrected chi connectivity index (χ3v) is 5.01. The van der Waals surface area contributed by atoms with Crippen molar-refractivity contribution in [3.8, 4) is 0 Å². The zero-order valence-electron chi connectivity index (χ0n) is 13.0. The number of carbonyl (C=O) groups excluding carboxylic acids is 1. The van der Waals surface area contributed by atoms with Crippen molar-refractivity contribution in [3.05, 3.63) is 15.6 Å². The minimum absolute atomic E-state index is 0. The quantitative estimate of drug-likeness (QED) is 0.871. The lowest BCUT2D eigenvalue weighted by Gasteiger charge is -2.14. The van der Waals surface area contributed by atoms with E-state index >= 15 is 0 Å². The number of nitrogens with two attached hydrogens (primary N) is 1. The first kappa shape index (κ1) is 18.4. The summed E-state index contributed by atoms with van der Waals surface area (Å²) < 4.78 is 0. The highest BCUT2D eigenvalue weighted by Gasteiger charge is 2.26. The summed E-state index contributed by atoms with van der Waals surface area (Å²) in [6.07, 6.45) is 3.86. The molecule has 1 aromatic heterocycles. The Kier molecular flexibility index (Phi) is 7.10. The summed E-state index contributed by atoms with van der Waals surface area (Å²) in [6.45, 7) is 6.92. The Labute approximate surface area is 137 Å². The summed E-state index contributed by atoms with van der Waals surface area (Å²) >= 11 is 1.68. The normalized spacial score (nSPS) is 21.4. The lowest BCUT2D eigenvalue weighted by Crippen LogP contribution is -2.31. The Morgan fingerprint density at radius 3 is 2.71 bits per heavy atom. The van der Waals surface area contributed by atoms with Gasteiger partial charge >= 0.3 is 0 Å². The number of thiazole rings is 1. The van der Waals surface area contributed by atoms with Crippen molar-refractivity contribution < 1.29 is 4.79 Å². The van der Waals surface area contributed by atoms with Gasteiger partial charge in [0, 0.05) is 17.3 Å². The first-order chi connectivity index (χ1) is 9.47. The molecule has 2 rings (SSSR count). The lowest BCUT2D eigenvalue weighted by molar-refractivity contribution is -0.122. The maximum atomic E-state index is 12.0. The van der Waals surface area contributed by atoms with E-state index in [-0.39, 0.29) is 24.4 Å². The molecule has 0 spiro atoms. The van der Waals surface area contributed by atoms with Crippen LogP contribution in [0.2, 0.25) is 0 Å². The van der Waals surface area contributed by atoms with Crippen LogP contribution in [0.3, 0.4) is 0 Å². The van der Waals surface area contributed by atoms with Gasteiger partial charge in [0.05, 0.1) is 12.2 Å². The Morgan fingerprint density at radius 2 is 2.19 bits per heavy atom. The summed E-state index contributed by atoms with van der Waals surface area (Å²) in [5.41, 5.74) is 7.15. The van der Waals surface area contributed by atoms with Crippen LogP contribution < -0.4 is 11.1 Å². The molecule has 1 saturated carbocycles. The van der Waals surface area contributed by atoms with E-state index in [2.05, 4.69) is 31.1 Å². The van der Waals surface area contributed by atoms with Gasteiger partial charge in [-0.25, -0.2) is 4.98 Å². The molecule has 1 amide bonds. The molecule has 120 valence electrons. The van der Waals surface area contributed by atoms with Gasteiger partial charge in [-0.3, -0.25) is 4.79 Å². The van der Waals surface area contributed by atoms with E-state index in [1.54, 1.807) is 11.3 Å². The van der Waals surface area contributed by atoms with Gasteiger partial charge in [-0.2, -0.15) is 0 Å². The molecule has 0 bridgehead atoms. The second kappa shape index (κ2) is 8.11. The second-order valence-electron chi connectivity index (χ2n) is 6.04. The van der Waals surface area contributed by atoms with Gasteiger partial charge in [-0.15, -0.1) is 23.7 Å². The van der Waals surface area contributed by atoms with Crippen LogP contribution >= 0.6 is 23.7 Å². The number of halogens is 1. The molecule has 6 heteroatoms. The number of nitrogens with zero attached hydrogens (tertiary/aromatic N) is 1. The van der Waals surface area contributed by atoms with Crippen molar-refractivity contribution in [3.63, 3.8) is 0 Å². The highest BCUT2D eigenvalue weighted by molar-refractivity contribution is 7.11. The first-order valence-corrected chi connectivity index (χ1v) is 8.27. The number of rotatable bonds is 5. The number of carbonyl (C=O) groups is 1. The molecule has 1 aromatic rings. The van der Waals surface area contributed by atoms with Gasteiger partial charge in [0.15, 0.2) is 0 Å². The molecular weight excluding hydrogens is 306 g/mol. The van der Waals surface area contributed by atoms with Crippen LogP contribution in [-0.4, -0.2) is 16.9 Å². The Balaban J connectivity index is 0.00000220. The van der Waals surface area contributed by atoms with Crippen LogP contribution in [0, 0.1) is 12.8 Å². The van der Waals surface area contributed by atoms with Crippen LogP contribution in [0.1, 0.15) is 61.0 Å². The van der Waals surface area contributed by atoms with Crippen molar-refractivity contribution in [2.24, 2.45) is 11.7 Å². The number of aryl methyl sites for hydroxylation is 1. The SMILES string of the molecule is Cc1sc(CNC(=O)C[C@@H]2CCC[C@H]2N)nc1C(C)C.Cl. The van der Waals surface area contributed by atoms with Crippen LogP contribution in [0.25, 0.3) is 0 Å². The van der Waals surface area contributed by atoms with Gasteiger partial charge in [0.2, 0.25) is 5.91 Å². The number of amides is 1. The van der Waals surface area contributed by atoms with E-state index in [1.807, 2.05) is 0 Å². The molecule has 1 heterocycles. The van der Waals surface area contributed by atoms with E-state index in [0.29, 0.717) is 24.8 Å². The smallest absolute Gasteiger partial charge is 0.220 e. The topological polar surface area (TPSA) is 68.0 Å². The maximum Gasteiger partial charge on any atom is 0.220 e. The van der Waals surface area contributed by atoms with Crippen molar-refractivity contribution in [1.82, 2.24) is 10.3 Å². The number of hydrogen-bond acceptors (Lipinski definition) is 4. The van der Waals surface area contributed by atoms with Crippen molar-refractivity contribution in [2.45, 2.75) is 65.0 Å². The zero-order valence-corrected chi connectivity index (χ0v) is 14.6. The number of aromatic nitrogens is 1. The summed E-state index contributed by atoms with van der Waals surface area (Å²) in [5, 5.41) is 3.97. The molecule has 0 aliphatic heterocycles. The molecule has 0 unspecified atom stereocenters. The van der Waals surface area contributed by atoms with Crippen LogP contribution in [0.15, 0.2) is 0 Å². The van der Waals surface area contributed by atoms with E-state index in [1.165, 1.54) is 4.88 Å². The predicted octanol–water partition coefficient (Wildman–Crippen LogP) is 3.13. The van der Waals surface area contributed by atoms with E-state index in [4.69, 9.17) is 5.73 Å².